The fourth-order valence-electron chi connectivity index (χ4n) is 2.64. The maximum absolute atomic E-state index is 11.8. The lowest BCUT2D eigenvalue weighted by atomic mass is 10.2. The van der Waals surface area contributed by atoms with Crippen molar-refractivity contribution in [1.29, 1.82) is 0 Å². The van der Waals surface area contributed by atoms with Crippen molar-refractivity contribution < 1.29 is 18.3 Å². The predicted molar refractivity (Wildman–Crippen MR) is 70.1 cm³/mol. The summed E-state index contributed by atoms with van der Waals surface area (Å²) in [6.07, 6.45) is 2.00. The minimum absolute atomic E-state index is 0.0588. The molecule has 0 aromatic carbocycles. The first-order valence-corrected chi connectivity index (χ1v) is 7.89. The third-order valence-corrected chi connectivity index (χ3v) is 5.59. The topological polar surface area (TPSA) is 104 Å². The molecule has 8 nitrogen and oxygen atoms in total. The van der Waals surface area contributed by atoms with Crippen LogP contribution in [0.25, 0.3) is 0 Å². The van der Waals surface area contributed by atoms with E-state index < -0.39 is 16.0 Å². The third kappa shape index (κ3) is 2.22. The van der Waals surface area contributed by atoms with E-state index >= 15 is 0 Å². The molecule has 9 heteroatoms. The molecule has 1 unspecified atom stereocenters. The largest absolute Gasteiger partial charge is 0.477 e. The quantitative estimate of drug-likeness (QED) is 0.777. The van der Waals surface area contributed by atoms with Gasteiger partial charge in [0.05, 0.1) is 5.75 Å². The third-order valence-electron chi connectivity index (χ3n) is 3.64. The van der Waals surface area contributed by atoms with Gasteiger partial charge in [-0.25, -0.2) is 23.2 Å². The van der Waals surface area contributed by atoms with E-state index in [2.05, 4.69) is 9.97 Å². The Labute approximate surface area is 116 Å². The molecule has 1 aromatic rings. The molecule has 108 valence electrons. The molecule has 0 radical (unpaired) electrons. The van der Waals surface area contributed by atoms with E-state index in [-0.39, 0.29) is 17.5 Å². The molecule has 0 saturated carbocycles. The maximum Gasteiger partial charge on any atom is 0.354 e. The maximum atomic E-state index is 11.8. The summed E-state index contributed by atoms with van der Waals surface area (Å²) in [5.74, 6) is -0.578. The van der Waals surface area contributed by atoms with Crippen molar-refractivity contribution in [3.8, 4) is 0 Å². The van der Waals surface area contributed by atoms with Crippen molar-refractivity contribution in [1.82, 2.24) is 14.3 Å². The standard InChI is InChI=1S/C11H14N4O4S/c16-10(17)9-1-3-12-11(13-9)14-4-5-15-8(7-14)2-6-20(15,18)19/h1,3,8H,2,4-7H2,(H,16,17). The smallest absolute Gasteiger partial charge is 0.354 e. The molecule has 0 spiro atoms. The lowest BCUT2D eigenvalue weighted by Crippen LogP contribution is -2.51. The molecular weight excluding hydrogens is 284 g/mol. The van der Waals surface area contributed by atoms with Crippen LogP contribution in [0.1, 0.15) is 16.9 Å². The highest BCUT2D eigenvalue weighted by molar-refractivity contribution is 7.89. The molecule has 1 N–H and O–H groups in total. The number of carbonyl (C=O) groups is 1. The monoisotopic (exact) mass is 298 g/mol. The van der Waals surface area contributed by atoms with Gasteiger partial charge in [-0.3, -0.25) is 0 Å². The highest BCUT2D eigenvalue weighted by atomic mass is 32.2. The van der Waals surface area contributed by atoms with Crippen molar-refractivity contribution >= 4 is 21.9 Å². The van der Waals surface area contributed by atoms with Gasteiger partial charge >= 0.3 is 5.97 Å². The summed E-state index contributed by atoms with van der Waals surface area (Å²) in [6, 6.07) is 1.27. The van der Waals surface area contributed by atoms with Crippen LogP contribution in [0.15, 0.2) is 12.3 Å². The van der Waals surface area contributed by atoms with Gasteiger partial charge in [0.1, 0.15) is 0 Å². The van der Waals surface area contributed by atoms with Crippen LogP contribution in [0, 0.1) is 0 Å². The zero-order chi connectivity index (χ0) is 14.3. The van der Waals surface area contributed by atoms with E-state index in [1.807, 2.05) is 4.90 Å². The summed E-state index contributed by atoms with van der Waals surface area (Å²) >= 11 is 0. The van der Waals surface area contributed by atoms with Crippen LogP contribution >= 0.6 is 0 Å². The van der Waals surface area contributed by atoms with Gasteiger partial charge in [0.25, 0.3) is 0 Å². The summed E-state index contributed by atoms with van der Waals surface area (Å²) in [7, 11) is -3.10. The Balaban J connectivity index is 1.81. The van der Waals surface area contributed by atoms with Crippen molar-refractivity contribution in [3.05, 3.63) is 18.0 Å². The van der Waals surface area contributed by atoms with E-state index in [1.54, 1.807) is 0 Å². The van der Waals surface area contributed by atoms with Crippen molar-refractivity contribution in [3.63, 3.8) is 0 Å². The van der Waals surface area contributed by atoms with Crippen molar-refractivity contribution in [2.75, 3.05) is 30.3 Å². The van der Waals surface area contributed by atoms with E-state index in [1.165, 1.54) is 16.6 Å². The van der Waals surface area contributed by atoms with Crippen molar-refractivity contribution in [2.45, 2.75) is 12.5 Å². The van der Waals surface area contributed by atoms with Gasteiger partial charge in [-0.15, -0.1) is 0 Å². The minimum atomic E-state index is -3.10. The molecule has 2 aliphatic rings. The van der Waals surface area contributed by atoms with E-state index in [9.17, 15) is 13.2 Å². The van der Waals surface area contributed by atoms with E-state index in [0.29, 0.717) is 32.0 Å². The van der Waals surface area contributed by atoms with Crippen LogP contribution in [0.5, 0.6) is 0 Å². The molecule has 0 aliphatic carbocycles. The second-order valence-electron chi connectivity index (χ2n) is 4.86. The number of piperazine rings is 1. The zero-order valence-corrected chi connectivity index (χ0v) is 11.5. The Kier molecular flexibility index (Phi) is 3.09. The zero-order valence-electron chi connectivity index (χ0n) is 10.6. The molecule has 3 rings (SSSR count). The number of hydrogen-bond acceptors (Lipinski definition) is 6. The van der Waals surface area contributed by atoms with E-state index in [4.69, 9.17) is 5.11 Å². The second kappa shape index (κ2) is 4.67. The van der Waals surface area contributed by atoms with Crippen LogP contribution < -0.4 is 4.90 Å². The van der Waals surface area contributed by atoms with Gasteiger partial charge in [-0.2, -0.15) is 4.31 Å². The molecule has 0 amide bonds. The molecule has 20 heavy (non-hydrogen) atoms. The minimum Gasteiger partial charge on any atom is -0.477 e. The number of aromatic nitrogens is 2. The molecule has 0 bridgehead atoms. The molecular formula is C11H14N4O4S. The van der Waals surface area contributed by atoms with Crippen LogP contribution in [0.3, 0.4) is 0 Å². The number of rotatable bonds is 2. The second-order valence-corrected chi connectivity index (χ2v) is 6.90. The Morgan fingerprint density at radius 1 is 1.40 bits per heavy atom. The molecule has 2 saturated heterocycles. The first kappa shape index (κ1) is 13.3. The average molecular weight is 298 g/mol. The number of fused-ring (bicyclic) bond motifs is 1. The Hall–Kier alpha value is -1.74. The molecule has 3 heterocycles. The van der Waals surface area contributed by atoms with Gasteiger partial charge in [0.15, 0.2) is 5.69 Å². The van der Waals surface area contributed by atoms with Gasteiger partial charge in [-0.1, -0.05) is 0 Å². The number of anilines is 1. The summed E-state index contributed by atoms with van der Waals surface area (Å²) in [4.78, 5) is 20.8. The van der Waals surface area contributed by atoms with Gasteiger partial charge in [-0.05, 0) is 12.5 Å². The fraction of sp³-hybridized carbons (Fsp3) is 0.545. The lowest BCUT2D eigenvalue weighted by Gasteiger charge is -2.36. The Morgan fingerprint density at radius 3 is 2.95 bits per heavy atom. The summed E-state index contributed by atoms with van der Waals surface area (Å²) in [6.45, 7) is 1.37. The van der Waals surface area contributed by atoms with Crippen molar-refractivity contribution in [2.24, 2.45) is 0 Å². The molecule has 2 fully saturated rings. The SMILES string of the molecule is O=C(O)c1ccnc(N2CCN3C(CCS3(=O)=O)C2)n1. The van der Waals surface area contributed by atoms with E-state index in [0.717, 1.165) is 0 Å². The highest BCUT2D eigenvalue weighted by Crippen LogP contribution is 2.26. The number of sulfonamides is 1. The predicted octanol–water partition coefficient (Wildman–Crippen LogP) is -0.601. The number of nitrogens with zero attached hydrogens (tertiary/aromatic N) is 4. The van der Waals surface area contributed by atoms with Gasteiger partial charge < -0.3 is 10.0 Å². The number of carboxylic acids is 1. The summed E-state index contributed by atoms with van der Waals surface area (Å²) < 4.78 is 25.1. The molecule has 1 atom stereocenters. The first-order valence-electron chi connectivity index (χ1n) is 6.28. The Bertz CT molecular complexity index is 648. The Morgan fingerprint density at radius 2 is 2.20 bits per heavy atom. The number of carboxylic acid groups (broad SMARTS) is 1. The number of aromatic carboxylic acids is 1. The van der Waals surface area contributed by atoms with Crippen LogP contribution in [0.2, 0.25) is 0 Å². The van der Waals surface area contributed by atoms with Crippen LogP contribution in [0.4, 0.5) is 5.95 Å². The molecule has 2 aliphatic heterocycles. The van der Waals surface area contributed by atoms with Crippen LogP contribution in [-0.2, 0) is 10.0 Å². The summed E-state index contributed by atoms with van der Waals surface area (Å²) in [5, 5.41) is 8.93. The lowest BCUT2D eigenvalue weighted by molar-refractivity contribution is 0.0690. The highest BCUT2D eigenvalue weighted by Gasteiger charge is 2.41. The normalized spacial score (nSPS) is 25.4. The molecule has 1 aromatic heterocycles. The summed E-state index contributed by atoms with van der Waals surface area (Å²) in [5.41, 5.74) is -0.0588. The van der Waals surface area contributed by atoms with Gasteiger partial charge in [0, 0.05) is 31.9 Å². The average Bonchev–Trinajstić information content (AvgIpc) is 2.74. The first-order chi connectivity index (χ1) is 9.47. The fourth-order valence-corrected chi connectivity index (χ4v) is 4.43. The van der Waals surface area contributed by atoms with Crippen LogP contribution in [-0.4, -0.2) is 65.2 Å². The number of hydrogen-bond donors (Lipinski definition) is 1. The van der Waals surface area contributed by atoms with Gasteiger partial charge in [0.2, 0.25) is 16.0 Å².